The number of benzene rings is 1. The average molecular weight is 330 g/mol. The summed E-state index contributed by atoms with van der Waals surface area (Å²) in [5.41, 5.74) is 1.30. The molecule has 1 amide bonds. The molecule has 0 fully saturated rings. The maximum absolute atomic E-state index is 12.0. The Labute approximate surface area is 139 Å². The quantitative estimate of drug-likeness (QED) is 0.736. The Bertz CT molecular complexity index is 723. The highest BCUT2D eigenvalue weighted by Crippen LogP contribution is 2.32. The van der Waals surface area contributed by atoms with Crippen LogP contribution in [-0.4, -0.2) is 42.9 Å². The van der Waals surface area contributed by atoms with Gasteiger partial charge in [0.25, 0.3) is 5.91 Å². The molecule has 1 aliphatic rings. The van der Waals surface area contributed by atoms with Gasteiger partial charge in [-0.1, -0.05) is 6.07 Å². The number of methoxy groups -OCH3 is 1. The van der Waals surface area contributed by atoms with Crippen LogP contribution in [0.1, 0.15) is 16.1 Å². The number of carbonyl (C=O) groups is 1. The summed E-state index contributed by atoms with van der Waals surface area (Å²) in [5.74, 6) is 1.58. The molecule has 126 valence electrons. The van der Waals surface area contributed by atoms with Crippen molar-refractivity contribution in [1.82, 2.24) is 15.3 Å². The minimum Gasteiger partial charge on any atom is -0.454 e. The van der Waals surface area contributed by atoms with Gasteiger partial charge in [-0.15, -0.1) is 0 Å². The van der Waals surface area contributed by atoms with Crippen LogP contribution < -0.4 is 20.1 Å². The summed E-state index contributed by atoms with van der Waals surface area (Å²) in [7, 11) is 1.58. The van der Waals surface area contributed by atoms with E-state index in [-0.39, 0.29) is 12.7 Å². The molecule has 2 N–H and O–H groups in total. The largest absolute Gasteiger partial charge is 0.454 e. The molecule has 0 bridgehead atoms. The Morgan fingerprint density at radius 3 is 3.04 bits per heavy atom. The topological polar surface area (TPSA) is 94.6 Å². The number of aromatic nitrogens is 2. The summed E-state index contributed by atoms with van der Waals surface area (Å²) in [6.45, 7) is 1.63. The van der Waals surface area contributed by atoms with Crippen molar-refractivity contribution in [2.24, 2.45) is 0 Å². The summed E-state index contributed by atoms with van der Waals surface area (Å²) in [6.07, 6.45) is 1.54. The van der Waals surface area contributed by atoms with Crippen LogP contribution in [0.15, 0.2) is 30.5 Å². The van der Waals surface area contributed by atoms with E-state index in [4.69, 9.17) is 14.2 Å². The number of nitrogens with one attached hydrogen (secondary N) is 2. The number of rotatable bonds is 7. The van der Waals surface area contributed by atoms with Crippen molar-refractivity contribution in [3.8, 4) is 11.5 Å². The number of ether oxygens (including phenoxy) is 3. The predicted molar refractivity (Wildman–Crippen MR) is 86.1 cm³/mol. The molecule has 0 radical (unpaired) electrons. The van der Waals surface area contributed by atoms with E-state index < -0.39 is 0 Å². The molecule has 2 heterocycles. The minimum atomic E-state index is -0.263. The monoisotopic (exact) mass is 330 g/mol. The molecule has 0 saturated heterocycles. The number of anilines is 1. The minimum absolute atomic E-state index is 0.246. The van der Waals surface area contributed by atoms with Gasteiger partial charge < -0.3 is 24.8 Å². The van der Waals surface area contributed by atoms with E-state index in [1.807, 2.05) is 18.2 Å². The number of hydrogen-bond acceptors (Lipinski definition) is 7. The first-order chi connectivity index (χ1) is 11.8. The Kier molecular flexibility index (Phi) is 5.07. The average Bonchev–Trinajstić information content (AvgIpc) is 3.08. The third-order valence-electron chi connectivity index (χ3n) is 3.37. The fourth-order valence-corrected chi connectivity index (χ4v) is 2.16. The zero-order valence-corrected chi connectivity index (χ0v) is 13.2. The Morgan fingerprint density at radius 1 is 1.29 bits per heavy atom. The van der Waals surface area contributed by atoms with Gasteiger partial charge >= 0.3 is 0 Å². The van der Waals surface area contributed by atoms with Crippen LogP contribution in [0.4, 0.5) is 5.95 Å². The van der Waals surface area contributed by atoms with Gasteiger partial charge in [-0.2, -0.15) is 0 Å². The molecular weight excluding hydrogens is 312 g/mol. The van der Waals surface area contributed by atoms with E-state index in [9.17, 15) is 4.79 Å². The van der Waals surface area contributed by atoms with E-state index in [2.05, 4.69) is 20.6 Å². The number of nitrogens with zero attached hydrogens (tertiary/aromatic N) is 2. The van der Waals surface area contributed by atoms with Gasteiger partial charge in [0.05, 0.1) is 6.61 Å². The summed E-state index contributed by atoms with van der Waals surface area (Å²) in [6, 6.07) is 7.26. The molecule has 0 atom stereocenters. The molecule has 1 aliphatic heterocycles. The molecule has 0 aliphatic carbocycles. The van der Waals surface area contributed by atoms with Crippen molar-refractivity contribution in [3.05, 3.63) is 41.7 Å². The summed E-state index contributed by atoms with van der Waals surface area (Å²) in [4.78, 5) is 20.3. The molecule has 8 heteroatoms. The second kappa shape index (κ2) is 7.60. The van der Waals surface area contributed by atoms with E-state index in [1.165, 1.54) is 0 Å². The maximum Gasteiger partial charge on any atom is 0.270 e. The van der Waals surface area contributed by atoms with Crippen LogP contribution in [0.3, 0.4) is 0 Å². The number of amides is 1. The maximum atomic E-state index is 12.0. The van der Waals surface area contributed by atoms with Crippen LogP contribution in [0.2, 0.25) is 0 Å². The Hall–Kier alpha value is -2.87. The van der Waals surface area contributed by atoms with Gasteiger partial charge in [-0.3, -0.25) is 4.79 Å². The van der Waals surface area contributed by atoms with E-state index in [1.54, 1.807) is 19.4 Å². The van der Waals surface area contributed by atoms with Crippen LogP contribution >= 0.6 is 0 Å². The highest BCUT2D eigenvalue weighted by molar-refractivity contribution is 5.92. The molecule has 1 aromatic heterocycles. The third-order valence-corrected chi connectivity index (χ3v) is 3.37. The van der Waals surface area contributed by atoms with Crippen LogP contribution in [0, 0.1) is 0 Å². The first-order valence-corrected chi connectivity index (χ1v) is 7.49. The van der Waals surface area contributed by atoms with Crippen LogP contribution in [0.25, 0.3) is 0 Å². The second-order valence-corrected chi connectivity index (χ2v) is 5.06. The smallest absolute Gasteiger partial charge is 0.270 e. The standard InChI is InChI=1S/C16H18N4O4/c1-22-7-6-17-15(21)12-4-5-18-16(20-12)19-9-11-2-3-13-14(8-11)24-10-23-13/h2-5,8H,6-7,9-10H2,1H3,(H,17,21)(H,18,19,20). The summed E-state index contributed by atoms with van der Waals surface area (Å²) < 4.78 is 15.5. The van der Waals surface area contributed by atoms with Gasteiger partial charge in [0.1, 0.15) is 5.69 Å². The number of hydrogen-bond donors (Lipinski definition) is 2. The lowest BCUT2D eigenvalue weighted by atomic mass is 10.2. The molecule has 8 nitrogen and oxygen atoms in total. The van der Waals surface area contributed by atoms with Gasteiger partial charge in [-0.05, 0) is 23.8 Å². The molecular formula is C16H18N4O4. The van der Waals surface area contributed by atoms with Crippen molar-refractivity contribution in [1.29, 1.82) is 0 Å². The number of carbonyl (C=O) groups excluding carboxylic acids is 1. The van der Waals surface area contributed by atoms with Gasteiger partial charge in [0.2, 0.25) is 12.7 Å². The Balaban J connectivity index is 1.59. The van der Waals surface area contributed by atoms with Gasteiger partial charge in [0.15, 0.2) is 11.5 Å². The molecule has 0 saturated carbocycles. The van der Waals surface area contributed by atoms with Crippen LogP contribution in [0.5, 0.6) is 11.5 Å². The fourth-order valence-electron chi connectivity index (χ4n) is 2.16. The first-order valence-electron chi connectivity index (χ1n) is 7.49. The van der Waals surface area contributed by atoms with Gasteiger partial charge in [-0.25, -0.2) is 9.97 Å². The fraction of sp³-hybridized carbons (Fsp3) is 0.312. The third kappa shape index (κ3) is 3.90. The van der Waals surface area contributed by atoms with Crippen molar-refractivity contribution in [2.75, 3.05) is 32.4 Å². The molecule has 24 heavy (non-hydrogen) atoms. The van der Waals surface area contributed by atoms with Gasteiger partial charge in [0, 0.05) is 26.4 Å². The summed E-state index contributed by atoms with van der Waals surface area (Å²) >= 11 is 0. The lowest BCUT2D eigenvalue weighted by molar-refractivity contribution is 0.0932. The lowest BCUT2D eigenvalue weighted by Gasteiger charge is -2.08. The van der Waals surface area contributed by atoms with Crippen LogP contribution in [-0.2, 0) is 11.3 Å². The summed E-state index contributed by atoms with van der Waals surface area (Å²) in [5, 5.41) is 5.81. The molecule has 0 spiro atoms. The zero-order chi connectivity index (χ0) is 16.8. The molecule has 3 rings (SSSR count). The highest BCUT2D eigenvalue weighted by atomic mass is 16.7. The van der Waals surface area contributed by atoms with Crippen molar-refractivity contribution in [3.63, 3.8) is 0 Å². The second-order valence-electron chi connectivity index (χ2n) is 5.06. The van der Waals surface area contributed by atoms with Crippen molar-refractivity contribution < 1.29 is 19.0 Å². The zero-order valence-electron chi connectivity index (χ0n) is 13.2. The van der Waals surface area contributed by atoms with Crippen molar-refractivity contribution >= 4 is 11.9 Å². The van der Waals surface area contributed by atoms with E-state index in [0.717, 1.165) is 17.1 Å². The Morgan fingerprint density at radius 2 is 2.17 bits per heavy atom. The lowest BCUT2D eigenvalue weighted by Crippen LogP contribution is -2.28. The SMILES string of the molecule is COCCNC(=O)c1ccnc(NCc2ccc3c(c2)OCO3)n1. The number of fused-ring (bicyclic) bond motifs is 1. The first kappa shape index (κ1) is 16.0. The highest BCUT2D eigenvalue weighted by Gasteiger charge is 2.13. The predicted octanol–water partition coefficient (Wildman–Crippen LogP) is 1.19. The molecule has 0 unspecified atom stereocenters. The van der Waals surface area contributed by atoms with Crippen molar-refractivity contribution in [2.45, 2.75) is 6.54 Å². The molecule has 1 aromatic carbocycles. The van der Waals surface area contributed by atoms with E-state index >= 15 is 0 Å². The molecule has 2 aromatic rings. The normalized spacial score (nSPS) is 12.0. The van der Waals surface area contributed by atoms with E-state index in [0.29, 0.717) is 31.3 Å².